The third-order valence-electron chi connectivity index (χ3n) is 6.13. The number of rotatable bonds is 5. The first-order valence-corrected chi connectivity index (χ1v) is 11.0. The van der Waals surface area contributed by atoms with Gasteiger partial charge >= 0.3 is 6.18 Å². The van der Waals surface area contributed by atoms with Gasteiger partial charge in [-0.15, -0.1) is 0 Å². The molecule has 1 saturated heterocycles. The quantitative estimate of drug-likeness (QED) is 0.707. The molecule has 0 unspecified atom stereocenters. The van der Waals surface area contributed by atoms with Gasteiger partial charge in [-0.25, -0.2) is 0 Å². The molecule has 0 radical (unpaired) electrons. The second-order valence-electron chi connectivity index (χ2n) is 8.35. The second-order valence-corrected chi connectivity index (χ2v) is 8.35. The molecular weight excluding hydrogens is 419 g/mol. The fourth-order valence-electron chi connectivity index (χ4n) is 4.41. The molecule has 0 aromatic heterocycles. The molecule has 2 N–H and O–H groups in total. The highest BCUT2D eigenvalue weighted by molar-refractivity contribution is 5.86. The summed E-state index contributed by atoms with van der Waals surface area (Å²) in [6.45, 7) is 3.86. The van der Waals surface area contributed by atoms with Crippen molar-refractivity contribution in [2.45, 2.75) is 44.4 Å². The van der Waals surface area contributed by atoms with Crippen molar-refractivity contribution >= 4 is 17.3 Å². The van der Waals surface area contributed by atoms with E-state index in [1.807, 2.05) is 23.1 Å². The molecule has 2 aromatic carbocycles. The number of alkyl halides is 3. The van der Waals surface area contributed by atoms with Crippen LogP contribution in [0.25, 0.3) is 0 Å². The molecule has 172 valence electrons. The molecule has 1 heterocycles. The van der Waals surface area contributed by atoms with Gasteiger partial charge in [0.15, 0.2) is 0 Å². The van der Waals surface area contributed by atoms with Crippen molar-refractivity contribution in [3.63, 3.8) is 0 Å². The van der Waals surface area contributed by atoms with Crippen LogP contribution >= 0.6 is 0 Å². The van der Waals surface area contributed by atoms with Gasteiger partial charge < -0.3 is 20.3 Å². The number of benzene rings is 2. The van der Waals surface area contributed by atoms with E-state index in [1.54, 1.807) is 6.92 Å². The fraction of sp³-hybridized carbons (Fsp3) is 0.458. The third-order valence-corrected chi connectivity index (χ3v) is 6.13. The number of nitrogens with one attached hydrogen (secondary N) is 2. The zero-order chi connectivity index (χ0) is 22.7. The minimum atomic E-state index is -4.46. The minimum Gasteiger partial charge on any atom is -0.378 e. The number of carbonyl (C=O) groups is 1. The van der Waals surface area contributed by atoms with Crippen molar-refractivity contribution in [1.29, 1.82) is 0 Å². The van der Waals surface area contributed by atoms with Gasteiger partial charge in [0, 0.05) is 13.1 Å². The third kappa shape index (κ3) is 5.01. The van der Waals surface area contributed by atoms with E-state index in [0.29, 0.717) is 37.7 Å². The van der Waals surface area contributed by atoms with Crippen molar-refractivity contribution in [3.05, 3.63) is 59.2 Å². The molecule has 1 aliphatic carbocycles. The molecule has 0 saturated carbocycles. The summed E-state index contributed by atoms with van der Waals surface area (Å²) in [5.41, 5.74) is 2.55. The SMILES string of the molecule is C[C@@H](Nc1cc(C(F)(F)F)ccc1N1CCOCC1)C(=O)N[C@H]1CCCc2ccccc21. The second kappa shape index (κ2) is 9.40. The smallest absolute Gasteiger partial charge is 0.378 e. The topological polar surface area (TPSA) is 53.6 Å². The Morgan fingerprint density at radius 1 is 1.16 bits per heavy atom. The number of ether oxygens (including phenoxy) is 1. The van der Waals surface area contributed by atoms with E-state index in [9.17, 15) is 18.0 Å². The molecule has 32 heavy (non-hydrogen) atoms. The van der Waals surface area contributed by atoms with E-state index in [2.05, 4.69) is 16.7 Å². The van der Waals surface area contributed by atoms with Gasteiger partial charge in [0.2, 0.25) is 5.91 Å². The van der Waals surface area contributed by atoms with E-state index >= 15 is 0 Å². The molecule has 1 fully saturated rings. The number of fused-ring (bicyclic) bond motifs is 1. The van der Waals surface area contributed by atoms with Crippen LogP contribution in [0, 0.1) is 0 Å². The van der Waals surface area contributed by atoms with Gasteiger partial charge in [-0.3, -0.25) is 4.79 Å². The van der Waals surface area contributed by atoms with Crippen LogP contribution in [0.5, 0.6) is 0 Å². The summed E-state index contributed by atoms with van der Waals surface area (Å²) in [6, 6.07) is 10.9. The zero-order valence-corrected chi connectivity index (χ0v) is 18.0. The maximum atomic E-state index is 13.3. The van der Waals surface area contributed by atoms with Crippen LogP contribution in [-0.2, 0) is 22.1 Å². The standard InChI is InChI=1S/C24H28F3N3O2/c1-16(23(31)29-20-8-4-6-17-5-2-3-7-19(17)20)28-21-15-18(24(25,26)27)9-10-22(21)30-11-13-32-14-12-30/h2-3,5,7,9-10,15-16,20,28H,4,6,8,11-14H2,1H3,(H,29,31)/t16-,20+/m1/s1. The molecule has 1 amide bonds. The van der Waals surface area contributed by atoms with Gasteiger partial charge in [0.1, 0.15) is 6.04 Å². The van der Waals surface area contributed by atoms with Crippen LogP contribution in [0.1, 0.15) is 42.5 Å². The van der Waals surface area contributed by atoms with E-state index in [4.69, 9.17) is 4.74 Å². The molecule has 8 heteroatoms. The number of morpholine rings is 1. The molecule has 5 nitrogen and oxygen atoms in total. The fourth-order valence-corrected chi connectivity index (χ4v) is 4.41. The Morgan fingerprint density at radius 3 is 2.66 bits per heavy atom. The van der Waals surface area contributed by atoms with E-state index in [1.165, 1.54) is 11.6 Å². The van der Waals surface area contributed by atoms with Crippen molar-refractivity contribution < 1.29 is 22.7 Å². The summed E-state index contributed by atoms with van der Waals surface area (Å²) >= 11 is 0. The Morgan fingerprint density at radius 2 is 1.91 bits per heavy atom. The molecule has 1 aliphatic heterocycles. The molecule has 2 atom stereocenters. The van der Waals surface area contributed by atoms with Crippen LogP contribution < -0.4 is 15.5 Å². The highest BCUT2D eigenvalue weighted by Crippen LogP contribution is 2.36. The molecule has 0 bridgehead atoms. The van der Waals surface area contributed by atoms with E-state index in [0.717, 1.165) is 37.0 Å². The first-order valence-electron chi connectivity index (χ1n) is 11.0. The molecule has 0 spiro atoms. The Bertz CT molecular complexity index is 958. The summed E-state index contributed by atoms with van der Waals surface area (Å²) in [5, 5.41) is 6.12. The van der Waals surface area contributed by atoms with Crippen molar-refractivity contribution in [2.75, 3.05) is 36.5 Å². The van der Waals surface area contributed by atoms with E-state index < -0.39 is 17.8 Å². The average molecular weight is 448 g/mol. The normalized spacial score (nSPS) is 19.8. The summed E-state index contributed by atoms with van der Waals surface area (Å²) < 4.78 is 45.4. The first-order chi connectivity index (χ1) is 15.3. The monoisotopic (exact) mass is 447 g/mol. The minimum absolute atomic E-state index is 0.0862. The summed E-state index contributed by atoms with van der Waals surface area (Å²) in [6.07, 6.45) is -1.64. The first kappa shape index (κ1) is 22.5. The number of anilines is 2. The number of amides is 1. The van der Waals surface area contributed by atoms with Gasteiger partial charge in [-0.2, -0.15) is 13.2 Å². The lowest BCUT2D eigenvalue weighted by atomic mass is 9.87. The molecule has 2 aliphatic rings. The highest BCUT2D eigenvalue weighted by Gasteiger charge is 2.32. The number of hydrogen-bond acceptors (Lipinski definition) is 4. The predicted molar refractivity (Wildman–Crippen MR) is 118 cm³/mol. The van der Waals surface area contributed by atoms with Crippen molar-refractivity contribution in [2.24, 2.45) is 0 Å². The molecule has 2 aromatic rings. The number of halogens is 3. The summed E-state index contributed by atoms with van der Waals surface area (Å²) in [7, 11) is 0. The Balaban J connectivity index is 1.52. The Hall–Kier alpha value is -2.74. The summed E-state index contributed by atoms with van der Waals surface area (Å²) in [4.78, 5) is 14.9. The largest absolute Gasteiger partial charge is 0.416 e. The lowest BCUT2D eigenvalue weighted by molar-refractivity contribution is -0.137. The Labute approximate surface area is 185 Å². The van der Waals surface area contributed by atoms with Crippen LogP contribution in [0.2, 0.25) is 0 Å². The summed E-state index contributed by atoms with van der Waals surface area (Å²) in [5.74, 6) is -0.239. The van der Waals surface area contributed by atoms with Crippen LogP contribution in [0.4, 0.5) is 24.5 Å². The van der Waals surface area contributed by atoms with Crippen molar-refractivity contribution in [3.8, 4) is 0 Å². The van der Waals surface area contributed by atoms with Crippen molar-refractivity contribution in [1.82, 2.24) is 5.32 Å². The predicted octanol–water partition coefficient (Wildman–Crippen LogP) is 4.54. The maximum absolute atomic E-state index is 13.3. The maximum Gasteiger partial charge on any atom is 0.416 e. The van der Waals surface area contributed by atoms with Gasteiger partial charge in [-0.05, 0) is 55.5 Å². The number of carbonyl (C=O) groups excluding carboxylic acids is 1. The van der Waals surface area contributed by atoms with E-state index in [-0.39, 0.29) is 11.9 Å². The molecule has 4 rings (SSSR count). The van der Waals surface area contributed by atoms with Gasteiger partial charge in [-0.1, -0.05) is 24.3 Å². The average Bonchev–Trinajstić information content (AvgIpc) is 2.79. The highest BCUT2D eigenvalue weighted by atomic mass is 19.4. The van der Waals surface area contributed by atoms with Crippen LogP contribution in [-0.4, -0.2) is 38.3 Å². The number of aryl methyl sites for hydroxylation is 1. The number of nitrogens with zero attached hydrogens (tertiary/aromatic N) is 1. The van der Waals surface area contributed by atoms with Crippen LogP contribution in [0.3, 0.4) is 0 Å². The lowest BCUT2D eigenvalue weighted by Gasteiger charge is -2.32. The van der Waals surface area contributed by atoms with Crippen LogP contribution in [0.15, 0.2) is 42.5 Å². The molecular formula is C24H28F3N3O2. The number of hydrogen-bond donors (Lipinski definition) is 2. The lowest BCUT2D eigenvalue weighted by Crippen LogP contribution is -2.41. The Kier molecular flexibility index (Phi) is 6.60. The zero-order valence-electron chi connectivity index (χ0n) is 18.0. The van der Waals surface area contributed by atoms with Gasteiger partial charge in [0.05, 0.1) is 36.2 Å². The van der Waals surface area contributed by atoms with Gasteiger partial charge in [0.25, 0.3) is 0 Å².